The predicted octanol–water partition coefficient (Wildman–Crippen LogP) is 0.969. The number of amides is 1. The molecule has 0 radical (unpaired) electrons. The number of hydrogen-bond acceptors (Lipinski definition) is 6. The van der Waals surface area contributed by atoms with Crippen LogP contribution in [0.15, 0.2) is 11.0 Å². The van der Waals surface area contributed by atoms with Gasteiger partial charge in [-0.15, -0.1) is 0 Å². The number of nitriles is 1. The Balaban J connectivity index is 2.24. The highest BCUT2D eigenvalue weighted by molar-refractivity contribution is 5.78. The number of fused-ring (bicyclic) bond motifs is 1. The van der Waals surface area contributed by atoms with Crippen molar-refractivity contribution < 1.29 is 4.79 Å². The Hall–Kier alpha value is -2.73. The molecule has 0 aliphatic carbocycles. The maximum absolute atomic E-state index is 12.8. The molecule has 0 fully saturated rings. The molecule has 0 saturated carbocycles. The molecule has 9 heteroatoms. The van der Waals surface area contributed by atoms with E-state index in [0.717, 1.165) is 19.4 Å². The lowest BCUT2D eigenvalue weighted by atomic mass is 9.97. The second-order valence-electron chi connectivity index (χ2n) is 8.38. The van der Waals surface area contributed by atoms with Crippen LogP contribution in [0, 0.1) is 16.7 Å². The van der Waals surface area contributed by atoms with E-state index in [2.05, 4.69) is 20.2 Å². The molecule has 2 aromatic rings. The average Bonchev–Trinajstić information content (AvgIpc) is 2.85. The molecule has 0 aliphatic heterocycles. The van der Waals surface area contributed by atoms with Gasteiger partial charge in [-0.2, -0.15) is 10.2 Å². The third-order valence-electron chi connectivity index (χ3n) is 4.14. The van der Waals surface area contributed by atoms with Crippen LogP contribution in [0.4, 0.5) is 0 Å². The van der Waals surface area contributed by atoms with E-state index in [4.69, 9.17) is 5.26 Å². The number of aromatic nitrogens is 4. The minimum Gasteiger partial charge on any atom is -0.354 e. The smallest absolute Gasteiger partial charge is 0.278 e. The van der Waals surface area contributed by atoms with Crippen LogP contribution in [0.2, 0.25) is 0 Å². The van der Waals surface area contributed by atoms with Crippen LogP contribution in [-0.4, -0.2) is 57.3 Å². The van der Waals surface area contributed by atoms with Crippen LogP contribution in [0.25, 0.3) is 11.0 Å². The van der Waals surface area contributed by atoms with Crippen molar-refractivity contribution in [3.63, 3.8) is 0 Å². The Labute approximate surface area is 165 Å². The van der Waals surface area contributed by atoms with Gasteiger partial charge in [-0.25, -0.2) is 9.67 Å². The summed E-state index contributed by atoms with van der Waals surface area (Å²) >= 11 is 0. The fourth-order valence-corrected chi connectivity index (χ4v) is 2.88. The number of hydrogen-bond donors (Lipinski definition) is 1. The first-order chi connectivity index (χ1) is 13.1. The number of nitrogens with one attached hydrogen (secondary N) is 1. The van der Waals surface area contributed by atoms with Gasteiger partial charge in [-0.05, 0) is 38.9 Å². The molecule has 2 aromatic heterocycles. The molecular formula is C19H29N7O2. The molecule has 0 aromatic carbocycles. The van der Waals surface area contributed by atoms with Gasteiger partial charge in [0.25, 0.3) is 5.56 Å². The Morgan fingerprint density at radius 1 is 1.29 bits per heavy atom. The molecule has 0 bridgehead atoms. The van der Waals surface area contributed by atoms with Crippen molar-refractivity contribution in [2.75, 3.05) is 27.2 Å². The fourth-order valence-electron chi connectivity index (χ4n) is 2.88. The second kappa shape index (κ2) is 8.97. The summed E-state index contributed by atoms with van der Waals surface area (Å²) in [6, 6.07) is 1.90. The van der Waals surface area contributed by atoms with Crippen LogP contribution in [0.1, 0.15) is 39.4 Å². The van der Waals surface area contributed by atoms with Crippen LogP contribution >= 0.6 is 0 Å². The Bertz CT molecular complexity index is 929. The number of unbranched alkanes of at least 4 members (excludes halogenated alkanes) is 1. The summed E-state index contributed by atoms with van der Waals surface area (Å²) in [5, 5.41) is 12.3. The highest BCUT2D eigenvalue weighted by Gasteiger charge is 2.22. The van der Waals surface area contributed by atoms with Gasteiger partial charge in [0, 0.05) is 19.3 Å². The van der Waals surface area contributed by atoms with Gasteiger partial charge in [-0.1, -0.05) is 20.8 Å². The second-order valence-corrected chi connectivity index (χ2v) is 8.38. The summed E-state index contributed by atoms with van der Waals surface area (Å²) < 4.78 is 3.08. The SMILES string of the molecule is CN(C)CCCCNC(=O)Cn1c(=O)c2cnc(C#N)nc2n1CC(C)(C)C. The van der Waals surface area contributed by atoms with Crippen molar-refractivity contribution in [3.8, 4) is 6.07 Å². The molecule has 0 aliphatic rings. The quantitative estimate of drug-likeness (QED) is 0.676. The lowest BCUT2D eigenvalue weighted by Crippen LogP contribution is -2.36. The van der Waals surface area contributed by atoms with Gasteiger partial charge in [0.2, 0.25) is 11.7 Å². The molecule has 2 rings (SSSR count). The van der Waals surface area contributed by atoms with E-state index in [1.165, 1.54) is 10.9 Å². The zero-order valence-electron chi connectivity index (χ0n) is 17.3. The van der Waals surface area contributed by atoms with E-state index < -0.39 is 0 Å². The number of carbonyl (C=O) groups excluding carboxylic acids is 1. The summed E-state index contributed by atoms with van der Waals surface area (Å²) in [6.07, 6.45) is 3.23. The first kappa shape index (κ1) is 21.6. The van der Waals surface area contributed by atoms with Crippen LogP contribution < -0.4 is 10.9 Å². The monoisotopic (exact) mass is 387 g/mol. The van der Waals surface area contributed by atoms with E-state index in [1.54, 1.807) is 4.68 Å². The summed E-state index contributed by atoms with van der Waals surface area (Å²) in [6.45, 7) is 8.01. The topological polar surface area (TPSA) is 109 Å². The Kier molecular flexibility index (Phi) is 6.91. The molecule has 0 spiro atoms. The number of rotatable bonds is 8. The zero-order valence-corrected chi connectivity index (χ0v) is 17.3. The van der Waals surface area contributed by atoms with Crippen LogP contribution in [0.5, 0.6) is 0 Å². The lowest BCUT2D eigenvalue weighted by molar-refractivity contribution is -0.122. The minimum atomic E-state index is -0.327. The molecule has 0 unspecified atom stereocenters. The molecule has 28 heavy (non-hydrogen) atoms. The number of carbonyl (C=O) groups is 1. The van der Waals surface area contributed by atoms with Crippen LogP contribution in [0.3, 0.4) is 0 Å². The molecule has 0 atom stereocenters. The summed E-state index contributed by atoms with van der Waals surface area (Å²) in [5.41, 5.74) is -0.0997. The Morgan fingerprint density at radius 2 is 2.00 bits per heavy atom. The molecule has 9 nitrogen and oxygen atoms in total. The first-order valence-electron chi connectivity index (χ1n) is 9.40. The molecule has 152 valence electrons. The van der Waals surface area contributed by atoms with Crippen molar-refractivity contribution in [2.45, 2.75) is 46.7 Å². The highest BCUT2D eigenvalue weighted by atomic mass is 16.2. The summed E-state index contributed by atoms with van der Waals surface area (Å²) in [7, 11) is 4.03. The minimum absolute atomic E-state index is 0.00217. The van der Waals surface area contributed by atoms with Crippen molar-refractivity contribution in [1.82, 2.24) is 29.5 Å². The van der Waals surface area contributed by atoms with Gasteiger partial charge >= 0.3 is 0 Å². The number of nitrogens with zero attached hydrogens (tertiary/aromatic N) is 6. The van der Waals surface area contributed by atoms with Gasteiger partial charge in [0.1, 0.15) is 18.0 Å². The lowest BCUT2D eigenvalue weighted by Gasteiger charge is -2.22. The van der Waals surface area contributed by atoms with Crippen molar-refractivity contribution >= 4 is 16.9 Å². The van der Waals surface area contributed by atoms with Crippen LogP contribution in [-0.2, 0) is 17.9 Å². The van der Waals surface area contributed by atoms with E-state index in [-0.39, 0.29) is 29.3 Å². The van der Waals surface area contributed by atoms with E-state index in [9.17, 15) is 9.59 Å². The summed E-state index contributed by atoms with van der Waals surface area (Å²) in [5.74, 6) is -0.226. The standard InChI is InChI=1S/C19H29N7O2/c1-19(2,3)13-26-17-14(11-22-15(10-20)23-17)18(28)25(26)12-16(27)21-8-6-7-9-24(4)5/h11H,6-9,12-13H2,1-5H3,(H,21,27). The molecule has 2 heterocycles. The normalized spacial score (nSPS) is 11.8. The van der Waals surface area contributed by atoms with Crippen molar-refractivity contribution in [2.24, 2.45) is 5.41 Å². The van der Waals surface area contributed by atoms with Gasteiger partial charge in [-0.3, -0.25) is 14.3 Å². The van der Waals surface area contributed by atoms with E-state index >= 15 is 0 Å². The molecular weight excluding hydrogens is 358 g/mol. The van der Waals surface area contributed by atoms with Crippen molar-refractivity contribution in [3.05, 3.63) is 22.4 Å². The van der Waals surface area contributed by atoms with Gasteiger partial charge in [0.05, 0.1) is 0 Å². The third kappa shape index (κ3) is 5.63. The third-order valence-corrected chi connectivity index (χ3v) is 4.14. The fraction of sp³-hybridized carbons (Fsp3) is 0.632. The van der Waals surface area contributed by atoms with E-state index in [0.29, 0.717) is 24.1 Å². The van der Waals surface area contributed by atoms with Gasteiger partial charge < -0.3 is 10.2 Å². The first-order valence-corrected chi connectivity index (χ1v) is 9.40. The predicted molar refractivity (Wildman–Crippen MR) is 107 cm³/mol. The van der Waals surface area contributed by atoms with Crippen molar-refractivity contribution in [1.29, 1.82) is 5.26 Å². The van der Waals surface area contributed by atoms with E-state index in [1.807, 2.05) is 40.9 Å². The highest BCUT2D eigenvalue weighted by Crippen LogP contribution is 2.19. The largest absolute Gasteiger partial charge is 0.354 e. The van der Waals surface area contributed by atoms with Gasteiger partial charge in [0.15, 0.2) is 5.65 Å². The molecule has 1 amide bonds. The maximum Gasteiger partial charge on any atom is 0.278 e. The summed E-state index contributed by atoms with van der Waals surface area (Å²) in [4.78, 5) is 35.4. The maximum atomic E-state index is 12.8. The Morgan fingerprint density at radius 3 is 2.61 bits per heavy atom. The molecule has 0 saturated heterocycles. The zero-order chi connectivity index (χ0) is 20.9. The molecule has 1 N–H and O–H groups in total. The average molecular weight is 387 g/mol.